The third-order valence-corrected chi connectivity index (χ3v) is 5.91. The Kier molecular flexibility index (Phi) is 5.46. The van der Waals surface area contributed by atoms with Crippen molar-refractivity contribution in [2.75, 3.05) is 13.1 Å². The molecule has 1 atom stereocenters. The van der Waals surface area contributed by atoms with E-state index < -0.39 is 29.3 Å². The van der Waals surface area contributed by atoms with Crippen LogP contribution in [0.25, 0.3) is 0 Å². The fraction of sp³-hybridized carbons (Fsp3) is 0.304. The van der Waals surface area contributed by atoms with Crippen molar-refractivity contribution in [3.05, 3.63) is 71.3 Å². The van der Waals surface area contributed by atoms with Gasteiger partial charge in [0.15, 0.2) is 0 Å². The highest BCUT2D eigenvalue weighted by Gasteiger charge is 2.55. The van der Waals surface area contributed by atoms with Crippen molar-refractivity contribution >= 4 is 23.8 Å². The number of fused-ring (bicyclic) bond motifs is 2. The zero-order valence-electron chi connectivity index (χ0n) is 17.0. The van der Waals surface area contributed by atoms with Gasteiger partial charge in [0.05, 0.1) is 0 Å². The number of hydrogen-bond acceptors (Lipinski definition) is 4. The van der Waals surface area contributed by atoms with Crippen molar-refractivity contribution in [2.45, 2.75) is 31.3 Å². The first kappa shape index (κ1) is 20.6. The summed E-state index contributed by atoms with van der Waals surface area (Å²) in [5, 5.41) is 2.82. The van der Waals surface area contributed by atoms with Gasteiger partial charge in [0.1, 0.15) is 12.1 Å². The number of rotatable bonds is 7. The monoisotopic (exact) mass is 420 g/mol. The Balaban J connectivity index is 1.52. The maximum absolute atomic E-state index is 13.3. The molecule has 8 nitrogen and oxygen atoms in total. The van der Waals surface area contributed by atoms with Gasteiger partial charge in [-0.3, -0.25) is 19.3 Å². The van der Waals surface area contributed by atoms with Crippen LogP contribution in [0.5, 0.6) is 0 Å². The molecule has 1 heterocycles. The van der Waals surface area contributed by atoms with E-state index in [0.29, 0.717) is 12.8 Å². The molecule has 4 rings (SSSR count). The number of nitrogens with two attached hydrogens (primary N) is 1. The molecule has 1 aliphatic heterocycles. The average Bonchev–Trinajstić information content (AvgIpc) is 3.25. The van der Waals surface area contributed by atoms with Gasteiger partial charge in [0.25, 0.3) is 5.91 Å². The highest BCUT2D eigenvalue weighted by Crippen LogP contribution is 2.41. The number of hydrogen-bond donors (Lipinski definition) is 2. The average molecular weight is 420 g/mol. The summed E-state index contributed by atoms with van der Waals surface area (Å²) in [5.74, 6) is -1.36. The minimum Gasteiger partial charge on any atom is -0.370 e. The second kappa shape index (κ2) is 8.22. The number of amides is 5. The van der Waals surface area contributed by atoms with Crippen LogP contribution in [0, 0.1) is 0 Å². The Morgan fingerprint density at radius 3 is 2.52 bits per heavy atom. The zero-order chi connectivity index (χ0) is 22.0. The summed E-state index contributed by atoms with van der Waals surface area (Å²) < 4.78 is 0. The normalized spacial score (nSPS) is 19.4. The molecule has 2 aromatic rings. The fourth-order valence-electron chi connectivity index (χ4n) is 4.31. The molecule has 1 saturated heterocycles. The molecule has 31 heavy (non-hydrogen) atoms. The van der Waals surface area contributed by atoms with Crippen LogP contribution >= 0.6 is 0 Å². The van der Waals surface area contributed by atoms with E-state index in [2.05, 4.69) is 5.32 Å². The van der Waals surface area contributed by atoms with E-state index >= 15 is 0 Å². The molecule has 2 aliphatic rings. The summed E-state index contributed by atoms with van der Waals surface area (Å²) in [6.07, 6.45) is 1.15. The number of urea groups is 1. The second-order valence-corrected chi connectivity index (χ2v) is 7.90. The third-order valence-electron chi connectivity index (χ3n) is 5.91. The van der Waals surface area contributed by atoms with E-state index in [1.165, 1.54) is 4.90 Å². The van der Waals surface area contributed by atoms with Gasteiger partial charge in [-0.1, -0.05) is 54.6 Å². The molecule has 2 aromatic carbocycles. The summed E-state index contributed by atoms with van der Waals surface area (Å²) in [7, 11) is 0. The summed E-state index contributed by atoms with van der Waals surface area (Å²) >= 11 is 0. The first-order valence-corrected chi connectivity index (χ1v) is 10.2. The minimum absolute atomic E-state index is 0.00394. The van der Waals surface area contributed by atoms with E-state index in [9.17, 15) is 19.2 Å². The maximum Gasteiger partial charge on any atom is 0.325 e. The van der Waals surface area contributed by atoms with Gasteiger partial charge in [0.2, 0.25) is 11.8 Å². The van der Waals surface area contributed by atoms with Crippen LogP contribution in [-0.4, -0.2) is 46.6 Å². The molecule has 3 N–H and O–H groups in total. The van der Waals surface area contributed by atoms with Gasteiger partial charge < -0.3 is 16.0 Å². The third kappa shape index (κ3) is 3.88. The molecule has 0 aromatic heterocycles. The van der Waals surface area contributed by atoms with Crippen LogP contribution in [0.2, 0.25) is 0 Å². The van der Waals surface area contributed by atoms with Crippen molar-refractivity contribution in [1.82, 2.24) is 15.1 Å². The molecule has 1 fully saturated rings. The van der Waals surface area contributed by atoms with Crippen molar-refractivity contribution in [2.24, 2.45) is 5.73 Å². The second-order valence-electron chi connectivity index (χ2n) is 7.90. The summed E-state index contributed by atoms with van der Waals surface area (Å²) in [6, 6.07) is 16.3. The highest BCUT2D eigenvalue weighted by molar-refractivity contribution is 6.09. The first-order chi connectivity index (χ1) is 14.9. The number of benzene rings is 2. The lowest BCUT2D eigenvalue weighted by Gasteiger charge is -2.25. The number of carbonyl (C=O) groups is 4. The first-order valence-electron chi connectivity index (χ1n) is 10.2. The van der Waals surface area contributed by atoms with Gasteiger partial charge >= 0.3 is 6.03 Å². The predicted octanol–water partition coefficient (Wildman–Crippen LogP) is 1.28. The lowest BCUT2D eigenvalue weighted by atomic mass is 9.92. The Bertz CT molecular complexity index is 1040. The van der Waals surface area contributed by atoms with Crippen LogP contribution < -0.4 is 11.1 Å². The molecule has 0 saturated carbocycles. The minimum atomic E-state index is -1.11. The number of carbonyl (C=O) groups excluding carboxylic acids is 4. The molecule has 5 amide bonds. The molecule has 1 aliphatic carbocycles. The molecule has 160 valence electrons. The van der Waals surface area contributed by atoms with Gasteiger partial charge in [0, 0.05) is 19.5 Å². The summed E-state index contributed by atoms with van der Waals surface area (Å²) in [4.78, 5) is 52.7. The van der Waals surface area contributed by atoms with Crippen LogP contribution in [0.1, 0.15) is 29.5 Å². The van der Waals surface area contributed by atoms with Gasteiger partial charge in [-0.15, -0.1) is 0 Å². The van der Waals surface area contributed by atoms with E-state index in [0.717, 1.165) is 21.6 Å². The Hall–Kier alpha value is -3.68. The molecule has 1 unspecified atom stereocenters. The number of primary amides is 1. The SMILES string of the molecule is NC(=O)CCN(Cc1ccccc1)C(=O)CN1C(=O)NC2(CCc3ccccc32)C1=O. The topological polar surface area (TPSA) is 113 Å². The van der Waals surface area contributed by atoms with Crippen molar-refractivity contribution in [3.8, 4) is 0 Å². The van der Waals surface area contributed by atoms with Crippen molar-refractivity contribution in [1.29, 1.82) is 0 Å². The van der Waals surface area contributed by atoms with E-state index in [4.69, 9.17) is 5.73 Å². The largest absolute Gasteiger partial charge is 0.370 e. The maximum atomic E-state index is 13.3. The van der Waals surface area contributed by atoms with Crippen LogP contribution in [0.3, 0.4) is 0 Å². The van der Waals surface area contributed by atoms with Gasteiger partial charge in [-0.25, -0.2) is 4.79 Å². The smallest absolute Gasteiger partial charge is 0.325 e. The molecule has 8 heteroatoms. The zero-order valence-corrected chi connectivity index (χ0v) is 17.0. The molecular formula is C23H24N4O4. The highest BCUT2D eigenvalue weighted by atomic mass is 16.2. The van der Waals surface area contributed by atoms with Crippen LogP contribution in [0.4, 0.5) is 4.79 Å². The Morgan fingerprint density at radius 2 is 1.77 bits per heavy atom. The fourth-order valence-corrected chi connectivity index (χ4v) is 4.31. The van der Waals surface area contributed by atoms with Crippen molar-refractivity contribution < 1.29 is 19.2 Å². The van der Waals surface area contributed by atoms with Gasteiger partial charge in [-0.2, -0.15) is 0 Å². The van der Waals surface area contributed by atoms with E-state index in [-0.39, 0.29) is 26.1 Å². The van der Waals surface area contributed by atoms with Crippen LogP contribution in [-0.2, 0) is 32.9 Å². The number of nitrogens with one attached hydrogen (secondary N) is 1. The van der Waals surface area contributed by atoms with Crippen LogP contribution in [0.15, 0.2) is 54.6 Å². The summed E-state index contributed by atoms with van der Waals surface area (Å²) in [6.45, 7) is -0.0224. The Labute approximate surface area is 180 Å². The van der Waals surface area contributed by atoms with Gasteiger partial charge in [-0.05, 0) is 29.5 Å². The molecule has 0 radical (unpaired) electrons. The summed E-state index contributed by atoms with van der Waals surface area (Å²) in [5.41, 5.74) is 6.84. The quantitative estimate of drug-likeness (QED) is 0.657. The van der Waals surface area contributed by atoms with E-state index in [1.807, 2.05) is 54.6 Å². The molecule has 1 spiro atoms. The predicted molar refractivity (Wildman–Crippen MR) is 112 cm³/mol. The molecular weight excluding hydrogens is 396 g/mol. The lowest BCUT2D eigenvalue weighted by Crippen LogP contribution is -2.45. The lowest BCUT2D eigenvalue weighted by molar-refractivity contribution is -0.139. The number of imide groups is 1. The number of nitrogens with zero attached hydrogens (tertiary/aromatic N) is 2. The van der Waals surface area contributed by atoms with Crippen molar-refractivity contribution in [3.63, 3.8) is 0 Å². The molecule has 0 bridgehead atoms. The standard InChI is InChI=1S/C23H24N4O4/c24-19(28)11-13-26(14-16-6-2-1-3-7-16)20(29)15-27-21(30)23(25-22(27)31)12-10-17-8-4-5-9-18(17)23/h1-9H,10-15H2,(H2,24,28)(H,25,31). The van der Waals surface area contributed by atoms with E-state index in [1.54, 1.807) is 0 Å². The Morgan fingerprint density at radius 1 is 1.06 bits per heavy atom. The number of aryl methyl sites for hydroxylation is 1.